The molecular formula is C18H28N2O3. The Labute approximate surface area is 138 Å². The molecule has 0 radical (unpaired) electrons. The number of rotatable bonds is 8. The molecule has 0 saturated carbocycles. The number of hydrogen-bond donors (Lipinski definition) is 0. The molecule has 1 rings (SSSR count). The Morgan fingerprint density at radius 1 is 1.13 bits per heavy atom. The van der Waals surface area contributed by atoms with Gasteiger partial charge in [0.05, 0.1) is 4.92 Å². The van der Waals surface area contributed by atoms with Crippen LogP contribution in [0.1, 0.15) is 56.5 Å². The predicted molar refractivity (Wildman–Crippen MR) is 92.6 cm³/mol. The van der Waals surface area contributed by atoms with E-state index in [0.717, 1.165) is 12.8 Å². The van der Waals surface area contributed by atoms with Crippen molar-refractivity contribution in [2.45, 2.75) is 47.5 Å². The van der Waals surface area contributed by atoms with Crippen molar-refractivity contribution in [3.05, 3.63) is 39.4 Å². The van der Waals surface area contributed by atoms with Crippen LogP contribution in [0.5, 0.6) is 0 Å². The lowest BCUT2D eigenvalue weighted by Gasteiger charge is -2.24. The minimum atomic E-state index is -0.432. The number of benzene rings is 1. The molecule has 23 heavy (non-hydrogen) atoms. The maximum atomic E-state index is 12.8. The van der Waals surface area contributed by atoms with Crippen LogP contribution in [0.3, 0.4) is 0 Å². The molecule has 0 heterocycles. The van der Waals surface area contributed by atoms with Crippen molar-refractivity contribution in [3.63, 3.8) is 0 Å². The van der Waals surface area contributed by atoms with Crippen molar-refractivity contribution < 1.29 is 9.72 Å². The second kappa shape index (κ2) is 8.65. The van der Waals surface area contributed by atoms with Gasteiger partial charge in [0.15, 0.2) is 0 Å². The molecular weight excluding hydrogens is 292 g/mol. The van der Waals surface area contributed by atoms with Gasteiger partial charge in [-0.05, 0) is 37.7 Å². The van der Waals surface area contributed by atoms with E-state index in [2.05, 4.69) is 27.7 Å². The Kier molecular flexibility index (Phi) is 7.20. The minimum Gasteiger partial charge on any atom is -0.339 e. The number of nitro groups is 1. The largest absolute Gasteiger partial charge is 0.339 e. The molecule has 1 aromatic carbocycles. The molecule has 0 atom stereocenters. The fraction of sp³-hybridized carbons (Fsp3) is 0.611. The van der Waals surface area contributed by atoms with Crippen molar-refractivity contribution in [2.24, 2.45) is 11.8 Å². The summed E-state index contributed by atoms with van der Waals surface area (Å²) in [7, 11) is 0. The molecule has 5 nitrogen and oxygen atoms in total. The topological polar surface area (TPSA) is 63.5 Å². The second-order valence-electron chi connectivity index (χ2n) is 6.92. The molecule has 0 aromatic heterocycles. The molecule has 0 bridgehead atoms. The van der Waals surface area contributed by atoms with Gasteiger partial charge in [0.25, 0.3) is 11.6 Å². The summed E-state index contributed by atoms with van der Waals surface area (Å²) in [6.45, 7) is 11.6. The first-order valence-electron chi connectivity index (χ1n) is 8.26. The van der Waals surface area contributed by atoms with E-state index < -0.39 is 4.92 Å². The molecule has 0 aliphatic rings. The van der Waals surface area contributed by atoms with Crippen LogP contribution >= 0.6 is 0 Å². The maximum Gasteiger partial charge on any atom is 0.273 e. The molecule has 1 aromatic rings. The molecule has 0 unspecified atom stereocenters. The van der Waals surface area contributed by atoms with Gasteiger partial charge in [0, 0.05) is 30.3 Å². The quantitative estimate of drug-likeness (QED) is 0.525. The fourth-order valence-corrected chi connectivity index (χ4v) is 2.26. The van der Waals surface area contributed by atoms with Crippen molar-refractivity contribution in [1.29, 1.82) is 0 Å². The third-order valence-corrected chi connectivity index (χ3v) is 3.89. The van der Waals surface area contributed by atoms with Crippen molar-refractivity contribution >= 4 is 11.6 Å². The summed E-state index contributed by atoms with van der Waals surface area (Å²) >= 11 is 0. The van der Waals surface area contributed by atoms with Gasteiger partial charge in [0.2, 0.25) is 0 Å². The van der Waals surface area contributed by atoms with E-state index in [0.29, 0.717) is 36.1 Å². The Morgan fingerprint density at radius 3 is 2.09 bits per heavy atom. The Morgan fingerprint density at radius 2 is 1.65 bits per heavy atom. The molecule has 0 saturated heterocycles. The first kappa shape index (κ1) is 19.1. The summed E-state index contributed by atoms with van der Waals surface area (Å²) in [6, 6.07) is 4.73. The van der Waals surface area contributed by atoms with Crippen LogP contribution in [-0.4, -0.2) is 28.8 Å². The van der Waals surface area contributed by atoms with Gasteiger partial charge >= 0.3 is 0 Å². The lowest BCUT2D eigenvalue weighted by molar-refractivity contribution is -0.385. The smallest absolute Gasteiger partial charge is 0.273 e. The summed E-state index contributed by atoms with van der Waals surface area (Å²) in [6.07, 6.45) is 1.86. The minimum absolute atomic E-state index is 0.00326. The number of aryl methyl sites for hydroxylation is 1. The van der Waals surface area contributed by atoms with E-state index >= 15 is 0 Å². The summed E-state index contributed by atoms with van der Waals surface area (Å²) in [5.41, 5.74) is 0.973. The normalized spacial score (nSPS) is 11.1. The zero-order chi connectivity index (χ0) is 17.6. The fourth-order valence-electron chi connectivity index (χ4n) is 2.26. The van der Waals surface area contributed by atoms with Gasteiger partial charge in [-0.2, -0.15) is 0 Å². The molecule has 0 aliphatic heterocycles. The van der Waals surface area contributed by atoms with Crippen molar-refractivity contribution in [3.8, 4) is 0 Å². The number of amides is 1. The monoisotopic (exact) mass is 320 g/mol. The first-order chi connectivity index (χ1) is 10.7. The number of carbonyl (C=O) groups excluding carboxylic acids is 1. The number of nitro benzene ring substituents is 1. The first-order valence-corrected chi connectivity index (χ1v) is 8.26. The summed E-state index contributed by atoms with van der Waals surface area (Å²) in [5.74, 6) is 0.905. The average molecular weight is 320 g/mol. The van der Waals surface area contributed by atoms with Gasteiger partial charge in [-0.25, -0.2) is 0 Å². The van der Waals surface area contributed by atoms with Crippen LogP contribution in [0, 0.1) is 28.9 Å². The van der Waals surface area contributed by atoms with Crippen LogP contribution < -0.4 is 0 Å². The average Bonchev–Trinajstić information content (AvgIpc) is 2.46. The van der Waals surface area contributed by atoms with Crippen molar-refractivity contribution in [2.75, 3.05) is 13.1 Å². The Balaban J connectivity index is 2.98. The molecule has 0 spiro atoms. The van der Waals surface area contributed by atoms with Crippen LogP contribution in [0.4, 0.5) is 5.69 Å². The molecule has 5 heteroatoms. The standard InChI is InChI=1S/C18H28N2O3/c1-13(2)8-10-19(11-9-14(3)4)18(21)16-7-6-15(5)17(12-16)20(22)23/h6-7,12-14H,8-11H2,1-5H3. The van der Waals surface area contributed by atoms with Gasteiger partial charge in [-0.3, -0.25) is 14.9 Å². The molecule has 1 amide bonds. The van der Waals surface area contributed by atoms with Crippen LogP contribution in [-0.2, 0) is 0 Å². The van der Waals surface area contributed by atoms with E-state index in [4.69, 9.17) is 0 Å². The lowest BCUT2D eigenvalue weighted by Crippen LogP contribution is -2.34. The highest BCUT2D eigenvalue weighted by atomic mass is 16.6. The summed E-state index contributed by atoms with van der Waals surface area (Å²) in [4.78, 5) is 25.2. The van der Waals surface area contributed by atoms with Gasteiger partial charge < -0.3 is 4.90 Å². The highest BCUT2D eigenvalue weighted by molar-refractivity contribution is 5.95. The van der Waals surface area contributed by atoms with Gasteiger partial charge in [-0.15, -0.1) is 0 Å². The van der Waals surface area contributed by atoms with Crippen LogP contribution in [0.25, 0.3) is 0 Å². The molecule has 0 N–H and O–H groups in total. The molecule has 128 valence electrons. The van der Waals surface area contributed by atoms with E-state index in [9.17, 15) is 14.9 Å². The van der Waals surface area contributed by atoms with E-state index in [1.165, 1.54) is 6.07 Å². The maximum absolute atomic E-state index is 12.8. The molecule has 0 aliphatic carbocycles. The number of carbonyl (C=O) groups is 1. The third-order valence-electron chi connectivity index (χ3n) is 3.89. The summed E-state index contributed by atoms with van der Waals surface area (Å²) in [5, 5.41) is 11.1. The van der Waals surface area contributed by atoms with E-state index in [1.54, 1.807) is 19.1 Å². The lowest BCUT2D eigenvalue weighted by atomic mass is 10.1. The zero-order valence-corrected chi connectivity index (χ0v) is 14.8. The predicted octanol–water partition coefficient (Wildman–Crippen LogP) is 4.44. The second-order valence-corrected chi connectivity index (χ2v) is 6.92. The Bertz CT molecular complexity index is 541. The Hall–Kier alpha value is -1.91. The number of nitrogens with zero attached hydrogens (tertiary/aromatic N) is 2. The highest BCUT2D eigenvalue weighted by Gasteiger charge is 2.20. The van der Waals surface area contributed by atoms with E-state index in [-0.39, 0.29) is 11.6 Å². The van der Waals surface area contributed by atoms with Crippen LogP contribution in [0.15, 0.2) is 18.2 Å². The molecule has 0 fully saturated rings. The van der Waals surface area contributed by atoms with Gasteiger partial charge in [0.1, 0.15) is 0 Å². The SMILES string of the molecule is Cc1ccc(C(=O)N(CCC(C)C)CCC(C)C)cc1[N+](=O)[O-]. The van der Waals surface area contributed by atoms with Crippen molar-refractivity contribution in [1.82, 2.24) is 4.90 Å². The zero-order valence-electron chi connectivity index (χ0n) is 14.8. The summed E-state index contributed by atoms with van der Waals surface area (Å²) < 4.78 is 0. The number of hydrogen-bond acceptors (Lipinski definition) is 3. The van der Waals surface area contributed by atoms with Gasteiger partial charge in [-0.1, -0.05) is 33.8 Å². The van der Waals surface area contributed by atoms with Crippen LogP contribution in [0.2, 0.25) is 0 Å². The van der Waals surface area contributed by atoms with E-state index in [1.807, 2.05) is 4.90 Å². The third kappa shape index (κ3) is 6.00. The highest BCUT2D eigenvalue weighted by Crippen LogP contribution is 2.21.